The van der Waals surface area contributed by atoms with Gasteiger partial charge in [-0.15, -0.1) is 11.7 Å². The van der Waals surface area contributed by atoms with E-state index in [2.05, 4.69) is 21.6 Å². The highest BCUT2D eigenvalue weighted by molar-refractivity contribution is 7.73. The van der Waals surface area contributed by atoms with Gasteiger partial charge in [-0.2, -0.15) is 0 Å². The van der Waals surface area contributed by atoms with Gasteiger partial charge in [0.25, 0.3) is 0 Å². The Labute approximate surface area is 128 Å². The smallest absolute Gasteiger partial charge is 0.218 e. The molecule has 0 bridgehead atoms. The van der Waals surface area contributed by atoms with Crippen LogP contribution in [0.2, 0.25) is 0 Å². The van der Waals surface area contributed by atoms with Gasteiger partial charge in [0.2, 0.25) is 5.82 Å². The molecule has 0 atom stereocenters. The Morgan fingerprint density at radius 2 is 2.33 bits per heavy atom. The first-order valence-electron chi connectivity index (χ1n) is 6.17. The Morgan fingerprint density at radius 3 is 3.10 bits per heavy atom. The van der Waals surface area contributed by atoms with E-state index in [0.717, 1.165) is 19.9 Å². The molecule has 21 heavy (non-hydrogen) atoms. The molecule has 4 aromatic heterocycles. The monoisotopic (exact) mass is 315 g/mol. The van der Waals surface area contributed by atoms with Crippen LogP contribution in [0.1, 0.15) is 0 Å². The summed E-state index contributed by atoms with van der Waals surface area (Å²) in [6.45, 7) is 4.37. The highest BCUT2D eigenvalue weighted by Gasteiger charge is 2.15. The lowest BCUT2D eigenvalue weighted by Crippen LogP contribution is -1.98. The van der Waals surface area contributed by atoms with E-state index in [1.165, 1.54) is 11.3 Å². The standard InChI is InChI=1S/C13H9N5OS2/c1-2-5-17-11-9(21-13(17)20)12-15-10(8-4-3-6-19-8)16-18(12)7-14-11/h2-4,6-7H,1,5H2. The molecule has 8 heteroatoms. The summed E-state index contributed by atoms with van der Waals surface area (Å²) in [6, 6.07) is 3.63. The summed E-state index contributed by atoms with van der Waals surface area (Å²) in [5.41, 5.74) is 1.53. The Kier molecular flexibility index (Phi) is 2.72. The molecule has 4 rings (SSSR count). The van der Waals surface area contributed by atoms with Crippen molar-refractivity contribution in [1.29, 1.82) is 0 Å². The molecule has 0 spiro atoms. The van der Waals surface area contributed by atoms with Crippen LogP contribution in [0, 0.1) is 3.95 Å². The molecule has 0 amide bonds. The van der Waals surface area contributed by atoms with Crippen LogP contribution >= 0.6 is 23.6 Å². The summed E-state index contributed by atoms with van der Waals surface area (Å²) in [5.74, 6) is 1.16. The minimum absolute atomic E-state index is 0.531. The molecule has 4 aromatic rings. The van der Waals surface area contributed by atoms with Crippen molar-refractivity contribution in [3.8, 4) is 11.6 Å². The van der Waals surface area contributed by atoms with E-state index in [-0.39, 0.29) is 0 Å². The Bertz CT molecular complexity index is 1010. The van der Waals surface area contributed by atoms with Gasteiger partial charge in [-0.05, 0) is 24.4 Å². The van der Waals surface area contributed by atoms with E-state index >= 15 is 0 Å². The average Bonchev–Trinajstić information content (AvgIpc) is 3.17. The van der Waals surface area contributed by atoms with Crippen LogP contribution in [0.25, 0.3) is 27.6 Å². The second-order valence-electron chi connectivity index (χ2n) is 4.35. The summed E-state index contributed by atoms with van der Waals surface area (Å²) in [7, 11) is 0. The third-order valence-corrected chi connectivity index (χ3v) is 4.48. The second-order valence-corrected chi connectivity index (χ2v) is 5.99. The molecular weight excluding hydrogens is 306 g/mol. The van der Waals surface area contributed by atoms with Gasteiger partial charge in [-0.3, -0.25) is 0 Å². The highest BCUT2D eigenvalue weighted by atomic mass is 32.1. The molecule has 0 fully saturated rings. The van der Waals surface area contributed by atoms with Crippen molar-refractivity contribution in [2.45, 2.75) is 6.54 Å². The van der Waals surface area contributed by atoms with Crippen molar-refractivity contribution in [1.82, 2.24) is 24.1 Å². The van der Waals surface area contributed by atoms with Gasteiger partial charge >= 0.3 is 0 Å². The second kappa shape index (κ2) is 4.61. The van der Waals surface area contributed by atoms with Crippen LogP contribution < -0.4 is 0 Å². The number of fused-ring (bicyclic) bond motifs is 3. The van der Waals surface area contributed by atoms with E-state index in [0.29, 0.717) is 18.1 Å². The quantitative estimate of drug-likeness (QED) is 0.429. The van der Waals surface area contributed by atoms with Gasteiger partial charge in [0.1, 0.15) is 11.0 Å². The van der Waals surface area contributed by atoms with Gasteiger partial charge in [0.15, 0.2) is 21.0 Å². The molecule has 0 saturated carbocycles. The first-order valence-corrected chi connectivity index (χ1v) is 7.40. The summed E-state index contributed by atoms with van der Waals surface area (Å²) in [5, 5.41) is 4.38. The zero-order chi connectivity index (χ0) is 14.4. The first-order chi connectivity index (χ1) is 10.3. The zero-order valence-electron chi connectivity index (χ0n) is 10.8. The number of hydrogen-bond acceptors (Lipinski definition) is 6. The predicted octanol–water partition coefficient (Wildman–Crippen LogP) is 3.32. The number of thiazole rings is 1. The molecule has 0 aliphatic rings. The number of rotatable bonds is 3. The SMILES string of the molecule is C=CCn1c(=S)sc2c1ncn1nc(-c3ccco3)nc21. The van der Waals surface area contributed by atoms with Crippen LogP contribution in [-0.2, 0) is 6.54 Å². The van der Waals surface area contributed by atoms with Gasteiger partial charge in [-0.25, -0.2) is 14.5 Å². The van der Waals surface area contributed by atoms with E-state index in [1.807, 2.05) is 10.6 Å². The average molecular weight is 315 g/mol. The van der Waals surface area contributed by atoms with Crippen LogP contribution in [0.5, 0.6) is 0 Å². The Hall–Kier alpha value is -2.32. The van der Waals surface area contributed by atoms with Crippen molar-refractivity contribution in [3.05, 3.63) is 41.3 Å². The van der Waals surface area contributed by atoms with Gasteiger partial charge < -0.3 is 8.98 Å². The number of allylic oxidation sites excluding steroid dienone is 1. The lowest BCUT2D eigenvalue weighted by molar-refractivity contribution is 0.577. The molecule has 0 saturated heterocycles. The molecule has 6 nitrogen and oxygen atoms in total. The van der Waals surface area contributed by atoms with Crippen molar-refractivity contribution >= 4 is 39.5 Å². The maximum atomic E-state index is 5.39. The first kappa shape index (κ1) is 12.4. The fraction of sp³-hybridized carbons (Fsp3) is 0.0769. The highest BCUT2D eigenvalue weighted by Crippen LogP contribution is 2.26. The predicted molar refractivity (Wildman–Crippen MR) is 82.9 cm³/mol. The number of hydrogen-bond donors (Lipinski definition) is 0. The molecule has 0 N–H and O–H groups in total. The van der Waals surface area contributed by atoms with Crippen molar-refractivity contribution < 1.29 is 4.42 Å². The molecule has 0 unspecified atom stereocenters. The molecule has 0 aliphatic heterocycles. The number of aromatic nitrogens is 5. The molecule has 0 radical (unpaired) electrons. The summed E-state index contributed by atoms with van der Waals surface area (Å²) < 4.78 is 10.6. The lowest BCUT2D eigenvalue weighted by atomic mass is 10.4. The van der Waals surface area contributed by atoms with Crippen LogP contribution in [0.15, 0.2) is 41.8 Å². The van der Waals surface area contributed by atoms with Crippen LogP contribution in [-0.4, -0.2) is 24.1 Å². The molecule has 0 aromatic carbocycles. The van der Waals surface area contributed by atoms with E-state index in [4.69, 9.17) is 16.6 Å². The van der Waals surface area contributed by atoms with Crippen molar-refractivity contribution in [3.63, 3.8) is 0 Å². The lowest BCUT2D eigenvalue weighted by Gasteiger charge is -1.98. The fourth-order valence-electron chi connectivity index (χ4n) is 2.14. The largest absolute Gasteiger partial charge is 0.461 e. The normalized spacial score (nSPS) is 11.4. The summed E-state index contributed by atoms with van der Waals surface area (Å²) in [6.07, 6.45) is 5.03. The van der Waals surface area contributed by atoms with E-state index in [9.17, 15) is 0 Å². The third kappa shape index (κ3) is 1.83. The van der Waals surface area contributed by atoms with Crippen molar-refractivity contribution in [2.75, 3.05) is 0 Å². The fourth-order valence-corrected chi connectivity index (χ4v) is 3.48. The Morgan fingerprint density at radius 1 is 1.43 bits per heavy atom. The topological polar surface area (TPSA) is 61.2 Å². The minimum Gasteiger partial charge on any atom is -0.461 e. The number of furan rings is 1. The summed E-state index contributed by atoms with van der Waals surface area (Å²) >= 11 is 6.86. The maximum Gasteiger partial charge on any atom is 0.218 e. The third-order valence-electron chi connectivity index (χ3n) is 3.05. The zero-order valence-corrected chi connectivity index (χ0v) is 12.4. The molecule has 4 heterocycles. The molecular formula is C13H9N5OS2. The minimum atomic E-state index is 0.531. The van der Waals surface area contributed by atoms with Gasteiger partial charge in [0.05, 0.1) is 6.26 Å². The Balaban J connectivity index is 2.03. The van der Waals surface area contributed by atoms with E-state index < -0.39 is 0 Å². The van der Waals surface area contributed by atoms with Crippen molar-refractivity contribution in [2.24, 2.45) is 0 Å². The van der Waals surface area contributed by atoms with Crippen LogP contribution in [0.3, 0.4) is 0 Å². The maximum absolute atomic E-state index is 5.39. The molecule has 104 valence electrons. The van der Waals surface area contributed by atoms with Crippen LogP contribution in [0.4, 0.5) is 0 Å². The van der Waals surface area contributed by atoms with Gasteiger partial charge in [-0.1, -0.05) is 17.4 Å². The van der Waals surface area contributed by atoms with Gasteiger partial charge in [0, 0.05) is 6.54 Å². The van der Waals surface area contributed by atoms with E-state index in [1.54, 1.807) is 29.2 Å². The summed E-state index contributed by atoms with van der Waals surface area (Å²) in [4.78, 5) is 8.97. The molecule has 0 aliphatic carbocycles. The number of nitrogens with zero attached hydrogens (tertiary/aromatic N) is 5.